The topological polar surface area (TPSA) is 81.8 Å². The Morgan fingerprint density at radius 2 is 1.20 bits per heavy atom. The molecule has 0 radical (unpaired) electrons. The van der Waals surface area contributed by atoms with E-state index in [1.807, 2.05) is 0 Å². The second-order valence-electron chi connectivity index (χ2n) is 6.68. The number of phosphoric ester groups is 1. The monoisotopic (exact) mass is 381 g/mol. The van der Waals surface area contributed by atoms with Crippen LogP contribution in [0.15, 0.2) is 0 Å². The van der Waals surface area contributed by atoms with Crippen LogP contribution in [0.1, 0.15) is 92.4 Å². The van der Waals surface area contributed by atoms with Gasteiger partial charge in [-0.15, -0.1) is 0 Å². The Hall–Kier alpha value is 0.0700. The summed E-state index contributed by atoms with van der Waals surface area (Å²) in [6, 6.07) is 0. The van der Waals surface area contributed by atoms with E-state index in [0.29, 0.717) is 25.0 Å². The fourth-order valence-electron chi connectivity index (χ4n) is 2.23. The number of unbranched alkanes of at least 4 members (excludes halogenated alkanes) is 2. The SMILES string of the molecule is CCCCC(CC)COP(=O)(O)OCC(CC)CCCC.CCCN. The molecule has 0 spiro atoms. The normalized spacial score (nSPS) is 15.8. The molecule has 0 aromatic heterocycles. The third-order valence-electron chi connectivity index (χ3n) is 4.32. The lowest BCUT2D eigenvalue weighted by molar-refractivity contribution is 0.110. The van der Waals surface area contributed by atoms with Crippen molar-refractivity contribution in [1.29, 1.82) is 0 Å². The van der Waals surface area contributed by atoms with E-state index in [1.165, 1.54) is 0 Å². The molecule has 3 N–H and O–H groups in total. The molecule has 0 aliphatic carbocycles. The second kappa shape index (κ2) is 18.8. The van der Waals surface area contributed by atoms with Crippen molar-refractivity contribution in [2.75, 3.05) is 19.8 Å². The van der Waals surface area contributed by atoms with E-state index in [-0.39, 0.29) is 0 Å². The number of rotatable bonds is 15. The molecule has 2 unspecified atom stereocenters. The Bertz CT molecular complexity index is 290. The number of hydrogen-bond donors (Lipinski definition) is 2. The molecule has 0 fully saturated rings. The van der Waals surface area contributed by atoms with Crippen LogP contribution < -0.4 is 5.73 Å². The van der Waals surface area contributed by atoms with Gasteiger partial charge in [0.2, 0.25) is 0 Å². The number of nitrogens with two attached hydrogens (primary N) is 1. The minimum absolute atomic E-state index is 0.316. The summed E-state index contributed by atoms with van der Waals surface area (Å²) in [7, 11) is -3.89. The molecule has 0 aromatic carbocycles. The molecule has 0 aliphatic heterocycles. The molecule has 0 aromatic rings. The lowest BCUT2D eigenvalue weighted by atomic mass is 10.0. The number of hydrogen-bond acceptors (Lipinski definition) is 4. The number of phosphoric acid groups is 1. The summed E-state index contributed by atoms with van der Waals surface area (Å²) in [5, 5.41) is 0. The quantitative estimate of drug-likeness (QED) is 0.345. The summed E-state index contributed by atoms with van der Waals surface area (Å²) >= 11 is 0. The molecule has 0 bridgehead atoms. The van der Waals surface area contributed by atoms with E-state index < -0.39 is 7.82 Å². The van der Waals surface area contributed by atoms with Gasteiger partial charge in [0.15, 0.2) is 0 Å². The fourth-order valence-corrected chi connectivity index (χ4v) is 3.11. The minimum atomic E-state index is -3.89. The van der Waals surface area contributed by atoms with Gasteiger partial charge in [-0.2, -0.15) is 0 Å². The largest absolute Gasteiger partial charge is 0.472 e. The molecular formula is C19H44NO4P. The van der Waals surface area contributed by atoms with Gasteiger partial charge in [0.05, 0.1) is 13.2 Å². The standard InChI is InChI=1S/C16H35O4P.C3H9N/c1-5-9-11-15(7-3)13-19-21(17,18)20-14-16(8-4)12-10-6-2;1-2-3-4/h15-16H,5-14H2,1-4H3,(H,17,18);2-4H2,1H3. The Morgan fingerprint density at radius 1 is 0.840 bits per heavy atom. The highest BCUT2D eigenvalue weighted by Crippen LogP contribution is 2.44. The Balaban J connectivity index is 0. The molecule has 154 valence electrons. The van der Waals surface area contributed by atoms with Gasteiger partial charge in [-0.1, -0.05) is 73.1 Å². The first-order valence-electron chi connectivity index (χ1n) is 10.2. The van der Waals surface area contributed by atoms with E-state index >= 15 is 0 Å². The van der Waals surface area contributed by atoms with Crippen LogP contribution in [0.25, 0.3) is 0 Å². The summed E-state index contributed by atoms with van der Waals surface area (Å²) in [6.07, 6.45) is 9.66. The average Bonchev–Trinajstić information content (AvgIpc) is 2.62. The molecule has 6 heteroatoms. The van der Waals surface area contributed by atoms with E-state index in [0.717, 1.165) is 64.3 Å². The van der Waals surface area contributed by atoms with Crippen molar-refractivity contribution in [3.05, 3.63) is 0 Å². The van der Waals surface area contributed by atoms with E-state index in [9.17, 15) is 9.46 Å². The van der Waals surface area contributed by atoms with Crippen LogP contribution in [-0.4, -0.2) is 24.7 Å². The van der Waals surface area contributed by atoms with Crippen molar-refractivity contribution in [2.24, 2.45) is 17.6 Å². The highest BCUT2D eigenvalue weighted by atomic mass is 31.2. The van der Waals surface area contributed by atoms with Crippen LogP contribution in [0.3, 0.4) is 0 Å². The summed E-state index contributed by atoms with van der Waals surface area (Å²) in [5.74, 6) is 0.687. The lowest BCUT2D eigenvalue weighted by Crippen LogP contribution is -2.12. The van der Waals surface area contributed by atoms with Gasteiger partial charge in [0.1, 0.15) is 0 Å². The summed E-state index contributed by atoms with van der Waals surface area (Å²) in [4.78, 5) is 9.77. The summed E-state index contributed by atoms with van der Waals surface area (Å²) in [6.45, 7) is 12.0. The Labute approximate surface area is 156 Å². The van der Waals surface area contributed by atoms with Crippen molar-refractivity contribution >= 4 is 7.82 Å². The van der Waals surface area contributed by atoms with Crippen molar-refractivity contribution in [3.63, 3.8) is 0 Å². The maximum Gasteiger partial charge on any atom is 0.472 e. The Kier molecular flexibility index (Phi) is 20.6. The smallest absolute Gasteiger partial charge is 0.330 e. The highest BCUT2D eigenvalue weighted by molar-refractivity contribution is 7.47. The van der Waals surface area contributed by atoms with Crippen LogP contribution in [-0.2, 0) is 13.6 Å². The van der Waals surface area contributed by atoms with Gasteiger partial charge in [-0.25, -0.2) is 4.57 Å². The molecule has 2 atom stereocenters. The van der Waals surface area contributed by atoms with Gasteiger partial charge < -0.3 is 10.6 Å². The maximum absolute atomic E-state index is 11.9. The molecular weight excluding hydrogens is 337 g/mol. The van der Waals surface area contributed by atoms with Crippen LogP contribution >= 0.6 is 7.82 Å². The zero-order valence-electron chi connectivity index (χ0n) is 17.3. The van der Waals surface area contributed by atoms with Crippen LogP contribution in [0.2, 0.25) is 0 Å². The fraction of sp³-hybridized carbons (Fsp3) is 1.00. The lowest BCUT2D eigenvalue weighted by Gasteiger charge is -2.20. The Morgan fingerprint density at radius 3 is 1.44 bits per heavy atom. The third-order valence-corrected chi connectivity index (χ3v) is 5.27. The minimum Gasteiger partial charge on any atom is -0.330 e. The molecule has 0 amide bonds. The van der Waals surface area contributed by atoms with Crippen LogP contribution in [0.4, 0.5) is 0 Å². The maximum atomic E-state index is 11.9. The second-order valence-corrected chi connectivity index (χ2v) is 8.14. The van der Waals surface area contributed by atoms with Crippen LogP contribution in [0, 0.1) is 11.8 Å². The zero-order valence-corrected chi connectivity index (χ0v) is 18.2. The van der Waals surface area contributed by atoms with E-state index in [1.54, 1.807) is 0 Å². The summed E-state index contributed by atoms with van der Waals surface area (Å²) < 4.78 is 22.2. The first kappa shape index (κ1) is 27.3. The molecule has 0 saturated heterocycles. The zero-order chi connectivity index (χ0) is 19.6. The van der Waals surface area contributed by atoms with Crippen molar-refractivity contribution < 1.29 is 18.5 Å². The first-order valence-corrected chi connectivity index (χ1v) is 11.7. The predicted octanol–water partition coefficient (Wildman–Crippen LogP) is 5.91. The van der Waals surface area contributed by atoms with Crippen molar-refractivity contribution in [1.82, 2.24) is 0 Å². The third kappa shape index (κ3) is 18.7. The van der Waals surface area contributed by atoms with Gasteiger partial charge in [-0.05, 0) is 37.6 Å². The van der Waals surface area contributed by atoms with Gasteiger partial charge in [0, 0.05) is 0 Å². The van der Waals surface area contributed by atoms with E-state index in [4.69, 9.17) is 14.8 Å². The molecule has 0 rings (SSSR count). The predicted molar refractivity (Wildman–Crippen MR) is 108 cm³/mol. The molecule has 25 heavy (non-hydrogen) atoms. The van der Waals surface area contributed by atoms with Crippen molar-refractivity contribution in [2.45, 2.75) is 92.4 Å². The van der Waals surface area contributed by atoms with Crippen molar-refractivity contribution in [3.8, 4) is 0 Å². The molecule has 0 heterocycles. The van der Waals surface area contributed by atoms with E-state index in [2.05, 4.69) is 34.6 Å². The first-order chi connectivity index (χ1) is 11.9. The van der Waals surface area contributed by atoms with Gasteiger partial charge in [0.25, 0.3) is 0 Å². The van der Waals surface area contributed by atoms with Crippen LogP contribution in [0.5, 0.6) is 0 Å². The van der Waals surface area contributed by atoms with Gasteiger partial charge >= 0.3 is 7.82 Å². The average molecular weight is 382 g/mol. The molecule has 5 nitrogen and oxygen atoms in total. The molecule has 0 saturated carbocycles. The molecule has 0 aliphatic rings. The highest BCUT2D eigenvalue weighted by Gasteiger charge is 2.24. The van der Waals surface area contributed by atoms with Gasteiger partial charge in [-0.3, -0.25) is 9.05 Å². The summed E-state index contributed by atoms with van der Waals surface area (Å²) in [5.41, 5.74) is 5.03.